The fourth-order valence-electron chi connectivity index (χ4n) is 3.93. The van der Waals surface area contributed by atoms with Crippen LogP contribution in [0.5, 0.6) is 11.5 Å². The van der Waals surface area contributed by atoms with Crippen LogP contribution in [0.1, 0.15) is 24.0 Å². The van der Waals surface area contributed by atoms with Crippen molar-refractivity contribution in [3.63, 3.8) is 0 Å². The van der Waals surface area contributed by atoms with Crippen molar-refractivity contribution in [1.29, 1.82) is 0 Å². The Morgan fingerprint density at radius 3 is 2.30 bits per heavy atom. The molecule has 7 nitrogen and oxygen atoms in total. The van der Waals surface area contributed by atoms with E-state index in [2.05, 4.69) is 48.5 Å². The number of nitrogens with one attached hydrogen (secondary N) is 1. The maximum atomic E-state index is 12.8. The molecule has 2 aromatic rings. The minimum atomic E-state index is -0.411. The number of benzene rings is 2. The number of anilines is 1. The number of rotatable bonds is 6. The lowest BCUT2D eigenvalue weighted by atomic mass is 9.99. The van der Waals surface area contributed by atoms with Gasteiger partial charge < -0.3 is 19.7 Å². The van der Waals surface area contributed by atoms with Gasteiger partial charge in [-0.3, -0.25) is 9.79 Å². The van der Waals surface area contributed by atoms with Crippen molar-refractivity contribution in [2.75, 3.05) is 45.4 Å². The molecular weight excluding hydrogens is 436 g/mol. The maximum Gasteiger partial charge on any atom is 0.234 e. The lowest BCUT2D eigenvalue weighted by Gasteiger charge is -2.33. The molecule has 1 spiro atoms. The Labute approximate surface area is 199 Å². The molecule has 1 N–H and O–H groups in total. The van der Waals surface area contributed by atoms with Gasteiger partial charge in [-0.05, 0) is 14.0 Å². The number of aliphatic imine (C=N–C) groups is 2. The molecule has 0 bridgehead atoms. The molecule has 174 valence electrons. The highest BCUT2D eigenvalue weighted by atomic mass is 32.2. The van der Waals surface area contributed by atoms with Gasteiger partial charge in [-0.1, -0.05) is 41.6 Å². The van der Waals surface area contributed by atoms with Gasteiger partial charge in [0.2, 0.25) is 5.91 Å². The molecule has 2 aliphatic heterocycles. The van der Waals surface area contributed by atoms with E-state index in [4.69, 9.17) is 19.5 Å². The van der Waals surface area contributed by atoms with E-state index in [1.54, 1.807) is 32.4 Å². The van der Waals surface area contributed by atoms with Crippen LogP contribution in [0, 0.1) is 6.92 Å². The summed E-state index contributed by atoms with van der Waals surface area (Å²) < 4.78 is 10.6. The van der Waals surface area contributed by atoms with Gasteiger partial charge in [-0.25, -0.2) is 4.99 Å². The quantitative estimate of drug-likeness (QED) is 0.696. The van der Waals surface area contributed by atoms with E-state index in [-0.39, 0.29) is 11.7 Å². The normalized spacial score (nSPS) is 17.5. The number of hydrogen-bond donors (Lipinski definition) is 1. The minimum absolute atomic E-state index is 0.120. The van der Waals surface area contributed by atoms with E-state index in [9.17, 15) is 4.79 Å². The van der Waals surface area contributed by atoms with Crippen LogP contribution in [0.15, 0.2) is 52.4 Å². The third kappa shape index (κ3) is 5.57. The second kappa shape index (κ2) is 9.97. The van der Waals surface area contributed by atoms with Gasteiger partial charge in [0.1, 0.15) is 16.5 Å². The first-order valence-corrected chi connectivity index (χ1v) is 12.0. The van der Waals surface area contributed by atoms with E-state index in [0.717, 1.165) is 42.3 Å². The zero-order chi connectivity index (χ0) is 23.4. The van der Waals surface area contributed by atoms with Crippen molar-refractivity contribution >= 4 is 34.1 Å². The first kappa shape index (κ1) is 23.3. The molecule has 2 aromatic carbocycles. The Balaban J connectivity index is 1.50. The lowest BCUT2D eigenvalue weighted by molar-refractivity contribution is -0.113. The molecule has 2 heterocycles. The number of piperidine rings is 1. The number of amides is 1. The summed E-state index contributed by atoms with van der Waals surface area (Å²) in [5.74, 6) is 1.36. The number of carbonyl (C=O) groups excluding carboxylic acids is 1. The van der Waals surface area contributed by atoms with Crippen LogP contribution in [-0.4, -0.2) is 67.3 Å². The molecule has 33 heavy (non-hydrogen) atoms. The second-order valence-corrected chi connectivity index (χ2v) is 9.43. The maximum absolute atomic E-state index is 12.8. The zero-order valence-corrected chi connectivity index (χ0v) is 20.4. The Hall–Kier alpha value is -2.84. The molecule has 1 amide bonds. The highest BCUT2D eigenvalue weighted by molar-refractivity contribution is 8.16. The molecule has 0 atom stereocenters. The molecule has 0 aromatic heterocycles. The summed E-state index contributed by atoms with van der Waals surface area (Å²) in [4.78, 5) is 25.2. The highest BCUT2D eigenvalue weighted by Gasteiger charge is 2.39. The average molecular weight is 467 g/mol. The monoisotopic (exact) mass is 466 g/mol. The molecule has 1 saturated heterocycles. The molecule has 0 radical (unpaired) electrons. The van der Waals surface area contributed by atoms with Crippen molar-refractivity contribution in [2.45, 2.75) is 25.4 Å². The van der Waals surface area contributed by atoms with E-state index in [1.807, 2.05) is 0 Å². The summed E-state index contributed by atoms with van der Waals surface area (Å²) >= 11 is 1.44. The molecule has 0 aliphatic carbocycles. The van der Waals surface area contributed by atoms with Crippen LogP contribution in [0.2, 0.25) is 0 Å². The van der Waals surface area contributed by atoms with Gasteiger partial charge in [-0.2, -0.15) is 0 Å². The van der Waals surface area contributed by atoms with Gasteiger partial charge in [0.05, 0.1) is 25.7 Å². The minimum Gasteiger partial charge on any atom is -0.497 e. The second-order valence-electron chi connectivity index (χ2n) is 8.47. The SMILES string of the molecule is COc1cc(NC(=O)CSC2=NC3(CCN(C)CC3)N=C2c2ccc(C)cc2)cc(OC)c1. The smallest absolute Gasteiger partial charge is 0.234 e. The van der Waals surface area contributed by atoms with Gasteiger partial charge >= 0.3 is 0 Å². The number of thioether (sulfide) groups is 1. The molecule has 0 unspecified atom stereocenters. The Morgan fingerprint density at radius 2 is 1.70 bits per heavy atom. The third-order valence-corrected chi connectivity index (χ3v) is 6.88. The summed E-state index contributed by atoms with van der Waals surface area (Å²) in [5, 5.41) is 3.77. The largest absolute Gasteiger partial charge is 0.497 e. The van der Waals surface area contributed by atoms with Crippen molar-refractivity contribution in [1.82, 2.24) is 4.90 Å². The molecule has 0 saturated carbocycles. The number of nitrogens with zero attached hydrogens (tertiary/aromatic N) is 3. The first-order valence-electron chi connectivity index (χ1n) is 11.0. The predicted octanol–water partition coefficient (Wildman–Crippen LogP) is 4.01. The molecule has 4 rings (SSSR count). The van der Waals surface area contributed by atoms with Gasteiger partial charge in [0.25, 0.3) is 0 Å². The summed E-state index contributed by atoms with van der Waals surface area (Å²) in [6.07, 6.45) is 1.78. The molecule has 8 heteroatoms. The number of likely N-dealkylation sites (tertiary alicyclic amines) is 1. The van der Waals surface area contributed by atoms with Crippen LogP contribution < -0.4 is 14.8 Å². The van der Waals surface area contributed by atoms with Crippen LogP contribution in [0.4, 0.5) is 5.69 Å². The van der Waals surface area contributed by atoms with Crippen LogP contribution in [0.25, 0.3) is 0 Å². The number of carbonyl (C=O) groups is 1. The number of hydrogen-bond acceptors (Lipinski definition) is 7. The number of aryl methyl sites for hydroxylation is 1. The average Bonchev–Trinajstić information content (AvgIpc) is 3.18. The predicted molar refractivity (Wildman–Crippen MR) is 135 cm³/mol. The van der Waals surface area contributed by atoms with Crippen molar-refractivity contribution in [3.8, 4) is 11.5 Å². The van der Waals surface area contributed by atoms with Crippen molar-refractivity contribution < 1.29 is 14.3 Å². The third-order valence-electron chi connectivity index (χ3n) is 5.92. The van der Waals surface area contributed by atoms with E-state index < -0.39 is 5.66 Å². The van der Waals surface area contributed by atoms with Gasteiger partial charge in [0.15, 0.2) is 5.66 Å². The Bertz CT molecular complexity index is 1050. The zero-order valence-electron chi connectivity index (χ0n) is 19.6. The van der Waals surface area contributed by atoms with E-state index in [1.165, 1.54) is 17.3 Å². The summed E-state index contributed by atoms with van der Waals surface area (Å²) in [7, 11) is 5.29. The lowest BCUT2D eigenvalue weighted by Crippen LogP contribution is -2.39. The van der Waals surface area contributed by atoms with E-state index in [0.29, 0.717) is 17.2 Å². The fraction of sp³-hybridized carbons (Fsp3) is 0.400. The Kier molecular flexibility index (Phi) is 7.05. The number of methoxy groups -OCH3 is 2. The van der Waals surface area contributed by atoms with Crippen LogP contribution >= 0.6 is 11.8 Å². The van der Waals surface area contributed by atoms with E-state index >= 15 is 0 Å². The summed E-state index contributed by atoms with van der Waals surface area (Å²) in [6.45, 7) is 3.99. The first-order chi connectivity index (χ1) is 15.9. The molecular formula is C25H30N4O3S. The standard InChI is InChI=1S/C25H30N4O3S/c1-17-5-7-18(8-6-17)23-24(28-25(27-23)9-11-29(2)12-10-25)33-16-22(30)26-19-13-20(31-3)15-21(14-19)32-4/h5-8,13-15H,9-12,16H2,1-4H3,(H,26,30). The fourth-order valence-corrected chi connectivity index (χ4v) is 4.81. The highest BCUT2D eigenvalue weighted by Crippen LogP contribution is 2.35. The summed E-state index contributed by atoms with van der Waals surface area (Å²) in [5.41, 5.74) is 3.35. The van der Waals surface area contributed by atoms with Crippen LogP contribution in [0.3, 0.4) is 0 Å². The topological polar surface area (TPSA) is 75.5 Å². The van der Waals surface area contributed by atoms with Gasteiger partial charge in [-0.15, -0.1) is 0 Å². The Morgan fingerprint density at radius 1 is 1.06 bits per heavy atom. The van der Waals surface area contributed by atoms with Crippen molar-refractivity contribution in [2.24, 2.45) is 9.98 Å². The van der Waals surface area contributed by atoms with Crippen LogP contribution in [-0.2, 0) is 4.79 Å². The molecule has 2 aliphatic rings. The van der Waals surface area contributed by atoms with Gasteiger partial charge in [0, 0.05) is 55.4 Å². The molecule has 1 fully saturated rings. The number of ether oxygens (including phenoxy) is 2. The van der Waals surface area contributed by atoms with Crippen molar-refractivity contribution in [3.05, 3.63) is 53.6 Å². The summed E-state index contributed by atoms with van der Waals surface area (Å²) in [6, 6.07) is 13.6.